The summed E-state index contributed by atoms with van der Waals surface area (Å²) in [5.74, 6) is 1.09. The van der Waals surface area contributed by atoms with Crippen LogP contribution in [0.5, 0.6) is 11.5 Å². The minimum absolute atomic E-state index is 0.268. The Bertz CT molecular complexity index is 873. The molecule has 5 nitrogen and oxygen atoms in total. The van der Waals surface area contributed by atoms with Crippen molar-refractivity contribution in [2.45, 2.75) is 6.92 Å². The molecule has 0 aliphatic carbocycles. The van der Waals surface area contributed by atoms with Crippen molar-refractivity contribution >= 4 is 12.2 Å². The van der Waals surface area contributed by atoms with E-state index in [4.69, 9.17) is 21.7 Å². The molecule has 0 unspecified atom stereocenters. The molecule has 110 valence electrons. The van der Waals surface area contributed by atoms with Gasteiger partial charge in [0.15, 0.2) is 11.5 Å². The molecule has 0 saturated carbocycles. The zero-order valence-electron chi connectivity index (χ0n) is 12.4. The van der Waals surface area contributed by atoms with Gasteiger partial charge in [-0.1, -0.05) is 18.3 Å². The minimum Gasteiger partial charge on any atom is -0.493 e. The van der Waals surface area contributed by atoms with Gasteiger partial charge in [0, 0.05) is 11.3 Å². The highest BCUT2D eigenvalue weighted by Gasteiger charge is 2.17. The first-order chi connectivity index (χ1) is 10.6. The zero-order chi connectivity index (χ0) is 16.3. The highest BCUT2D eigenvalue weighted by molar-refractivity contribution is 7.71. The molecule has 0 saturated heterocycles. The van der Waals surface area contributed by atoms with E-state index in [9.17, 15) is 10.5 Å². The summed E-state index contributed by atoms with van der Waals surface area (Å²) in [6, 6.07) is 9.43. The SMILES string of the molecule is COc1ccc(-c2c(C#N)c(C)[nH]c(=S)c2C#N)cc1OC. The van der Waals surface area contributed by atoms with Gasteiger partial charge in [-0.25, -0.2) is 0 Å². The van der Waals surface area contributed by atoms with Crippen LogP contribution in [0, 0.1) is 34.2 Å². The van der Waals surface area contributed by atoms with E-state index in [-0.39, 0.29) is 5.56 Å². The Balaban J connectivity index is 2.86. The number of nitrogens with zero attached hydrogens (tertiary/aromatic N) is 2. The number of pyridine rings is 1. The number of rotatable bonds is 3. The Kier molecular flexibility index (Phi) is 4.45. The van der Waals surface area contributed by atoms with Crippen LogP contribution < -0.4 is 9.47 Å². The summed E-state index contributed by atoms with van der Waals surface area (Å²) < 4.78 is 10.8. The molecular weight excluding hydrogens is 298 g/mol. The van der Waals surface area contributed by atoms with Crippen molar-refractivity contribution in [2.24, 2.45) is 0 Å². The Morgan fingerprint density at radius 1 is 1.05 bits per heavy atom. The van der Waals surface area contributed by atoms with Gasteiger partial charge < -0.3 is 14.5 Å². The Labute approximate surface area is 133 Å². The van der Waals surface area contributed by atoms with Gasteiger partial charge in [0.05, 0.1) is 25.3 Å². The van der Waals surface area contributed by atoms with E-state index in [1.165, 1.54) is 7.11 Å². The van der Waals surface area contributed by atoms with Crippen molar-refractivity contribution < 1.29 is 9.47 Å². The van der Waals surface area contributed by atoms with Crippen molar-refractivity contribution in [3.05, 3.63) is 39.7 Å². The number of hydrogen-bond acceptors (Lipinski definition) is 5. The van der Waals surface area contributed by atoms with Crippen molar-refractivity contribution in [1.29, 1.82) is 10.5 Å². The molecule has 1 aromatic heterocycles. The van der Waals surface area contributed by atoms with Gasteiger partial charge in [0.25, 0.3) is 0 Å². The lowest BCUT2D eigenvalue weighted by Gasteiger charge is -2.13. The van der Waals surface area contributed by atoms with E-state index >= 15 is 0 Å². The smallest absolute Gasteiger partial charge is 0.161 e. The number of aromatic nitrogens is 1. The third-order valence-electron chi connectivity index (χ3n) is 3.30. The van der Waals surface area contributed by atoms with E-state index < -0.39 is 0 Å². The first-order valence-corrected chi connectivity index (χ1v) is 6.77. The van der Waals surface area contributed by atoms with Crippen LogP contribution >= 0.6 is 12.2 Å². The van der Waals surface area contributed by atoms with E-state index in [0.717, 1.165) is 0 Å². The number of H-pyrrole nitrogens is 1. The molecule has 0 radical (unpaired) electrons. The van der Waals surface area contributed by atoms with E-state index in [2.05, 4.69) is 17.1 Å². The summed E-state index contributed by atoms with van der Waals surface area (Å²) in [5.41, 5.74) is 2.46. The van der Waals surface area contributed by atoms with Crippen LogP contribution in [0.3, 0.4) is 0 Å². The predicted molar refractivity (Wildman–Crippen MR) is 84.3 cm³/mol. The fraction of sp³-hybridized carbons (Fsp3) is 0.188. The van der Waals surface area contributed by atoms with Crippen molar-refractivity contribution in [1.82, 2.24) is 4.98 Å². The quantitative estimate of drug-likeness (QED) is 0.878. The summed E-state index contributed by atoms with van der Waals surface area (Å²) in [4.78, 5) is 2.88. The van der Waals surface area contributed by atoms with Crippen LogP contribution in [0.1, 0.15) is 16.8 Å². The molecule has 0 atom stereocenters. The number of nitrogens with one attached hydrogen (secondary N) is 1. The molecule has 1 N–H and O–H groups in total. The number of benzene rings is 1. The second kappa shape index (κ2) is 6.30. The number of nitriles is 2. The molecule has 0 aliphatic rings. The van der Waals surface area contributed by atoms with E-state index in [1.807, 2.05) is 0 Å². The topological polar surface area (TPSA) is 81.8 Å². The average Bonchev–Trinajstić information content (AvgIpc) is 2.53. The number of methoxy groups -OCH3 is 2. The van der Waals surface area contributed by atoms with E-state index in [1.54, 1.807) is 32.2 Å². The number of ether oxygens (including phenoxy) is 2. The molecule has 0 spiro atoms. The van der Waals surface area contributed by atoms with Crippen molar-refractivity contribution in [3.63, 3.8) is 0 Å². The molecule has 1 aromatic carbocycles. The summed E-state index contributed by atoms with van der Waals surface area (Å²) >= 11 is 5.20. The standard InChI is InChI=1S/C16H13N3O2S/c1-9-11(7-17)15(12(8-18)16(22)19-9)10-4-5-13(20-2)14(6-10)21-3/h4-6H,1-3H3,(H,19,22). The molecule has 0 amide bonds. The molecule has 0 aliphatic heterocycles. The van der Waals surface area contributed by atoms with Crippen LogP contribution in [-0.2, 0) is 0 Å². The second-order valence-corrected chi connectivity index (χ2v) is 4.91. The fourth-order valence-corrected chi connectivity index (χ4v) is 2.55. The van der Waals surface area contributed by atoms with E-state index in [0.29, 0.717) is 38.5 Å². The molecule has 1 heterocycles. The maximum Gasteiger partial charge on any atom is 0.161 e. The highest BCUT2D eigenvalue weighted by atomic mass is 32.1. The van der Waals surface area contributed by atoms with Gasteiger partial charge >= 0.3 is 0 Å². The predicted octanol–water partition coefficient (Wildman–Crippen LogP) is 3.48. The summed E-state index contributed by atoms with van der Waals surface area (Å²) in [7, 11) is 3.07. The maximum atomic E-state index is 9.43. The number of aromatic amines is 1. The largest absolute Gasteiger partial charge is 0.493 e. The Morgan fingerprint density at radius 2 is 1.68 bits per heavy atom. The molecule has 6 heteroatoms. The normalized spacial score (nSPS) is 9.68. The van der Waals surface area contributed by atoms with Crippen molar-refractivity contribution in [2.75, 3.05) is 14.2 Å². The van der Waals surface area contributed by atoms with Gasteiger partial charge in [-0.15, -0.1) is 0 Å². The first-order valence-electron chi connectivity index (χ1n) is 6.36. The lowest BCUT2D eigenvalue weighted by Crippen LogP contribution is -1.99. The van der Waals surface area contributed by atoms with Gasteiger partial charge in [0.2, 0.25) is 0 Å². The van der Waals surface area contributed by atoms with Gasteiger partial charge in [-0.05, 0) is 24.6 Å². The maximum absolute atomic E-state index is 9.43. The number of aryl methyl sites for hydroxylation is 1. The van der Waals surface area contributed by atoms with Crippen LogP contribution in [0.4, 0.5) is 0 Å². The first kappa shape index (κ1) is 15.6. The second-order valence-electron chi connectivity index (χ2n) is 4.50. The summed E-state index contributed by atoms with van der Waals surface area (Å²) in [6.07, 6.45) is 0. The summed E-state index contributed by atoms with van der Waals surface area (Å²) in [5, 5.41) is 18.8. The van der Waals surface area contributed by atoms with Crippen LogP contribution in [0.15, 0.2) is 18.2 Å². The molecule has 2 aromatic rings. The fourth-order valence-electron chi connectivity index (χ4n) is 2.25. The van der Waals surface area contributed by atoms with Gasteiger partial charge in [0.1, 0.15) is 16.8 Å². The van der Waals surface area contributed by atoms with Crippen molar-refractivity contribution in [3.8, 4) is 34.8 Å². The van der Waals surface area contributed by atoms with Crippen LogP contribution in [0.2, 0.25) is 0 Å². The van der Waals surface area contributed by atoms with Gasteiger partial charge in [-0.3, -0.25) is 0 Å². The average molecular weight is 311 g/mol. The third-order valence-corrected chi connectivity index (χ3v) is 3.61. The molecule has 0 fully saturated rings. The Hall–Kier alpha value is -2.83. The number of hydrogen-bond donors (Lipinski definition) is 1. The lowest BCUT2D eigenvalue weighted by molar-refractivity contribution is 0.355. The van der Waals surface area contributed by atoms with Crippen LogP contribution in [0.25, 0.3) is 11.1 Å². The third kappa shape index (κ3) is 2.52. The summed E-state index contributed by atoms with van der Waals surface area (Å²) in [6.45, 7) is 1.75. The zero-order valence-corrected chi connectivity index (χ0v) is 13.2. The van der Waals surface area contributed by atoms with Gasteiger partial charge in [-0.2, -0.15) is 10.5 Å². The Morgan fingerprint density at radius 3 is 2.23 bits per heavy atom. The molecular formula is C16H13N3O2S. The minimum atomic E-state index is 0.268. The molecule has 2 rings (SSSR count). The van der Waals surface area contributed by atoms with Crippen LogP contribution in [-0.4, -0.2) is 19.2 Å². The highest BCUT2D eigenvalue weighted by Crippen LogP contribution is 2.35. The monoisotopic (exact) mass is 311 g/mol. The molecule has 0 bridgehead atoms. The molecule has 22 heavy (non-hydrogen) atoms. The lowest BCUT2D eigenvalue weighted by atomic mass is 9.95.